The molecule has 3 aromatic rings. The lowest BCUT2D eigenvalue weighted by Gasteiger charge is -2.36. The van der Waals surface area contributed by atoms with Crippen LogP contribution in [-0.2, 0) is 13.1 Å². The Morgan fingerprint density at radius 1 is 0.966 bits per heavy atom. The summed E-state index contributed by atoms with van der Waals surface area (Å²) in [6.45, 7) is 7.82. The number of hydrogen-bond acceptors (Lipinski definition) is 3. The molecule has 0 bridgehead atoms. The van der Waals surface area contributed by atoms with Gasteiger partial charge in [-0.3, -0.25) is 9.58 Å². The van der Waals surface area contributed by atoms with Gasteiger partial charge in [-0.05, 0) is 30.3 Å². The van der Waals surface area contributed by atoms with Gasteiger partial charge in [0.15, 0.2) is 5.11 Å². The van der Waals surface area contributed by atoms with E-state index >= 15 is 0 Å². The molecule has 0 saturated carbocycles. The molecule has 0 unspecified atom stereocenters. The first-order valence-electron chi connectivity index (χ1n) is 10.1. The van der Waals surface area contributed by atoms with Gasteiger partial charge in [0, 0.05) is 38.9 Å². The van der Waals surface area contributed by atoms with Gasteiger partial charge >= 0.3 is 0 Å². The van der Waals surface area contributed by atoms with Crippen LogP contribution in [0.4, 0.5) is 5.69 Å². The number of piperazine rings is 1. The number of nitrogens with one attached hydrogen (secondary N) is 1. The van der Waals surface area contributed by atoms with E-state index in [1.165, 1.54) is 16.7 Å². The minimum absolute atomic E-state index is 0.757. The van der Waals surface area contributed by atoms with Crippen LogP contribution in [0.3, 0.4) is 0 Å². The Bertz CT molecular complexity index is 945. The number of rotatable bonds is 5. The molecule has 1 fully saturated rings. The summed E-state index contributed by atoms with van der Waals surface area (Å²) in [4.78, 5) is 4.74. The first kappa shape index (κ1) is 19.6. The van der Waals surface area contributed by atoms with E-state index in [-0.39, 0.29) is 0 Å². The molecule has 0 spiro atoms. The third-order valence-electron chi connectivity index (χ3n) is 5.22. The highest BCUT2D eigenvalue weighted by Crippen LogP contribution is 2.13. The molecule has 2 heterocycles. The van der Waals surface area contributed by atoms with Crippen molar-refractivity contribution in [2.24, 2.45) is 0 Å². The Morgan fingerprint density at radius 3 is 2.48 bits per heavy atom. The SMILES string of the molecule is Cc1cccc(CN2CCN(C(=S)Nc3cnn(Cc4ccccc4)c3)CC2)c1. The minimum atomic E-state index is 0.757. The average molecular weight is 406 g/mol. The second-order valence-electron chi connectivity index (χ2n) is 7.59. The first-order chi connectivity index (χ1) is 14.2. The number of anilines is 1. The van der Waals surface area contributed by atoms with E-state index in [1.54, 1.807) is 0 Å². The van der Waals surface area contributed by atoms with Crippen LogP contribution in [0.25, 0.3) is 0 Å². The maximum Gasteiger partial charge on any atom is 0.173 e. The van der Waals surface area contributed by atoms with Gasteiger partial charge in [0.2, 0.25) is 0 Å². The Labute approximate surface area is 177 Å². The number of aryl methyl sites for hydroxylation is 1. The number of thiocarbonyl (C=S) groups is 1. The van der Waals surface area contributed by atoms with Crippen molar-refractivity contribution in [3.63, 3.8) is 0 Å². The van der Waals surface area contributed by atoms with Crippen molar-refractivity contribution >= 4 is 23.0 Å². The predicted octanol–water partition coefficient (Wildman–Crippen LogP) is 3.75. The third kappa shape index (κ3) is 5.43. The van der Waals surface area contributed by atoms with Crippen molar-refractivity contribution in [3.8, 4) is 0 Å². The van der Waals surface area contributed by atoms with Crippen LogP contribution in [-0.4, -0.2) is 50.9 Å². The molecule has 150 valence electrons. The zero-order valence-electron chi connectivity index (χ0n) is 16.8. The lowest BCUT2D eigenvalue weighted by molar-refractivity contribution is 0.177. The van der Waals surface area contributed by atoms with E-state index < -0.39 is 0 Å². The van der Waals surface area contributed by atoms with Crippen LogP contribution in [0.1, 0.15) is 16.7 Å². The van der Waals surface area contributed by atoms with E-state index in [1.807, 2.05) is 35.3 Å². The summed E-state index contributed by atoms with van der Waals surface area (Å²) in [5, 5.41) is 8.57. The maximum atomic E-state index is 5.64. The van der Waals surface area contributed by atoms with Crippen LogP contribution < -0.4 is 5.32 Å². The molecule has 1 N–H and O–H groups in total. The van der Waals surface area contributed by atoms with Crippen LogP contribution in [0.2, 0.25) is 0 Å². The van der Waals surface area contributed by atoms with Gasteiger partial charge in [-0.2, -0.15) is 5.10 Å². The normalized spacial score (nSPS) is 14.7. The summed E-state index contributed by atoms with van der Waals surface area (Å²) in [6, 6.07) is 19.1. The highest BCUT2D eigenvalue weighted by atomic mass is 32.1. The second kappa shape index (κ2) is 9.20. The molecule has 1 aliphatic rings. The molecule has 4 rings (SSSR count). The molecule has 2 aromatic carbocycles. The van der Waals surface area contributed by atoms with Crippen LogP contribution in [0.15, 0.2) is 67.0 Å². The highest BCUT2D eigenvalue weighted by molar-refractivity contribution is 7.80. The van der Waals surface area contributed by atoms with E-state index in [2.05, 4.69) is 63.5 Å². The topological polar surface area (TPSA) is 36.3 Å². The van der Waals surface area contributed by atoms with Crippen molar-refractivity contribution in [2.75, 3.05) is 31.5 Å². The van der Waals surface area contributed by atoms with Crippen LogP contribution >= 0.6 is 12.2 Å². The largest absolute Gasteiger partial charge is 0.346 e. The summed E-state index contributed by atoms with van der Waals surface area (Å²) in [6.07, 6.45) is 3.84. The van der Waals surface area contributed by atoms with E-state index in [4.69, 9.17) is 12.2 Å². The summed E-state index contributed by atoms with van der Waals surface area (Å²) in [5.41, 5.74) is 4.87. The third-order valence-corrected chi connectivity index (χ3v) is 5.58. The molecule has 29 heavy (non-hydrogen) atoms. The molecule has 6 heteroatoms. The lowest BCUT2D eigenvalue weighted by atomic mass is 10.1. The fourth-order valence-corrected chi connectivity index (χ4v) is 3.97. The zero-order valence-corrected chi connectivity index (χ0v) is 17.6. The van der Waals surface area contributed by atoms with Crippen molar-refractivity contribution < 1.29 is 0 Å². The van der Waals surface area contributed by atoms with Crippen LogP contribution in [0.5, 0.6) is 0 Å². The van der Waals surface area contributed by atoms with Gasteiger partial charge in [0.1, 0.15) is 0 Å². The summed E-state index contributed by atoms with van der Waals surface area (Å²) >= 11 is 5.64. The summed E-state index contributed by atoms with van der Waals surface area (Å²) < 4.78 is 1.93. The zero-order chi connectivity index (χ0) is 20.1. The number of nitrogens with zero attached hydrogens (tertiary/aromatic N) is 4. The Kier molecular flexibility index (Phi) is 6.22. The van der Waals surface area contributed by atoms with Gasteiger partial charge in [-0.15, -0.1) is 0 Å². The number of aromatic nitrogens is 2. The molecule has 1 saturated heterocycles. The van der Waals surface area contributed by atoms with Crippen molar-refractivity contribution in [1.82, 2.24) is 19.6 Å². The number of benzene rings is 2. The highest BCUT2D eigenvalue weighted by Gasteiger charge is 2.19. The maximum absolute atomic E-state index is 5.64. The fraction of sp³-hybridized carbons (Fsp3) is 0.304. The quantitative estimate of drug-likeness (QED) is 0.654. The molecular weight excluding hydrogens is 378 g/mol. The average Bonchev–Trinajstić information content (AvgIpc) is 3.16. The lowest BCUT2D eigenvalue weighted by Crippen LogP contribution is -2.49. The molecule has 0 amide bonds. The van der Waals surface area contributed by atoms with Crippen LogP contribution in [0, 0.1) is 6.92 Å². The van der Waals surface area contributed by atoms with E-state index in [0.29, 0.717) is 0 Å². The monoisotopic (exact) mass is 405 g/mol. The van der Waals surface area contributed by atoms with Gasteiger partial charge in [-0.25, -0.2) is 0 Å². The molecule has 0 radical (unpaired) electrons. The van der Waals surface area contributed by atoms with Gasteiger partial charge in [0.25, 0.3) is 0 Å². The molecule has 0 aliphatic carbocycles. The summed E-state index contributed by atoms with van der Waals surface area (Å²) in [7, 11) is 0. The van der Waals surface area contributed by atoms with Gasteiger partial charge in [-0.1, -0.05) is 60.2 Å². The molecule has 0 atom stereocenters. The van der Waals surface area contributed by atoms with Gasteiger partial charge in [0.05, 0.1) is 18.4 Å². The Hall–Kier alpha value is -2.70. The molecule has 1 aromatic heterocycles. The first-order valence-corrected chi connectivity index (χ1v) is 10.5. The van der Waals surface area contributed by atoms with Crippen molar-refractivity contribution in [2.45, 2.75) is 20.0 Å². The van der Waals surface area contributed by atoms with E-state index in [0.717, 1.165) is 50.1 Å². The predicted molar refractivity (Wildman–Crippen MR) is 122 cm³/mol. The summed E-state index contributed by atoms with van der Waals surface area (Å²) in [5.74, 6) is 0. The molecule has 5 nitrogen and oxygen atoms in total. The van der Waals surface area contributed by atoms with Gasteiger partial charge < -0.3 is 10.2 Å². The number of hydrogen-bond donors (Lipinski definition) is 1. The Balaban J connectivity index is 1.26. The molecular formula is C23H27N5S. The van der Waals surface area contributed by atoms with E-state index in [9.17, 15) is 0 Å². The minimum Gasteiger partial charge on any atom is -0.346 e. The standard InChI is InChI=1S/C23H27N5S/c1-19-6-5-9-21(14-19)16-26-10-12-27(13-11-26)23(29)25-22-15-24-28(18-22)17-20-7-3-2-4-8-20/h2-9,14-15,18H,10-13,16-17H2,1H3,(H,25,29). The smallest absolute Gasteiger partial charge is 0.173 e. The fourth-order valence-electron chi connectivity index (χ4n) is 3.67. The second-order valence-corrected chi connectivity index (χ2v) is 7.98. The van der Waals surface area contributed by atoms with Crippen molar-refractivity contribution in [3.05, 3.63) is 83.7 Å². The Morgan fingerprint density at radius 2 is 1.72 bits per heavy atom. The van der Waals surface area contributed by atoms with Crippen molar-refractivity contribution in [1.29, 1.82) is 0 Å². The molecule has 1 aliphatic heterocycles.